The van der Waals surface area contributed by atoms with Gasteiger partial charge in [-0.25, -0.2) is 4.99 Å². The molecule has 0 amide bonds. The quantitative estimate of drug-likeness (QED) is 0.550. The average Bonchev–Trinajstić information content (AvgIpc) is 2.50. The van der Waals surface area contributed by atoms with Gasteiger partial charge in [-0.2, -0.15) is 0 Å². The molecule has 0 aliphatic heterocycles. The predicted molar refractivity (Wildman–Crippen MR) is 96.6 cm³/mol. The van der Waals surface area contributed by atoms with Crippen molar-refractivity contribution >= 4 is 23.6 Å². The van der Waals surface area contributed by atoms with Gasteiger partial charge in [-0.3, -0.25) is 0 Å². The van der Waals surface area contributed by atoms with Crippen molar-refractivity contribution < 1.29 is 0 Å². The average molecular weight is 315 g/mol. The van der Waals surface area contributed by atoms with Crippen LogP contribution in [0.4, 0.5) is 5.69 Å². The standard InChI is InChI=1S/C19H23ClN2/c1-5-22(4)13-21-17-10-14(2)18(15(3)11-17)12-16-8-6-7-9-19(16)20/h6-11,13H,5,12H2,1-4H3. The molecule has 2 aromatic rings. The van der Waals surface area contributed by atoms with E-state index in [-0.39, 0.29) is 0 Å². The van der Waals surface area contributed by atoms with Crippen LogP contribution in [-0.4, -0.2) is 24.8 Å². The molecule has 2 nitrogen and oxygen atoms in total. The van der Waals surface area contributed by atoms with Gasteiger partial charge in [0.15, 0.2) is 0 Å². The summed E-state index contributed by atoms with van der Waals surface area (Å²) in [5.41, 5.74) is 6.00. The van der Waals surface area contributed by atoms with E-state index >= 15 is 0 Å². The Bertz CT molecular complexity index is 654. The van der Waals surface area contributed by atoms with Gasteiger partial charge in [0, 0.05) is 18.6 Å². The van der Waals surface area contributed by atoms with Crippen LogP contribution in [0.2, 0.25) is 5.02 Å². The smallest absolute Gasteiger partial charge is 0.0909 e. The fourth-order valence-corrected chi connectivity index (χ4v) is 2.61. The molecule has 0 unspecified atom stereocenters. The van der Waals surface area contributed by atoms with Crippen molar-refractivity contribution in [3.05, 3.63) is 63.7 Å². The zero-order valence-electron chi connectivity index (χ0n) is 13.7. The van der Waals surface area contributed by atoms with E-state index in [1.165, 1.54) is 16.7 Å². The van der Waals surface area contributed by atoms with E-state index in [1.807, 2.05) is 31.6 Å². The first-order chi connectivity index (χ1) is 10.5. The number of aryl methyl sites for hydroxylation is 2. The molecule has 0 aliphatic rings. The largest absolute Gasteiger partial charge is 0.366 e. The van der Waals surface area contributed by atoms with Gasteiger partial charge in [-0.1, -0.05) is 29.8 Å². The van der Waals surface area contributed by atoms with Crippen LogP contribution in [0.5, 0.6) is 0 Å². The lowest BCUT2D eigenvalue weighted by molar-refractivity contribution is 0.552. The van der Waals surface area contributed by atoms with E-state index in [2.05, 4.69) is 48.9 Å². The maximum atomic E-state index is 6.28. The lowest BCUT2D eigenvalue weighted by atomic mass is 9.95. The Morgan fingerprint density at radius 2 is 1.77 bits per heavy atom. The molecule has 0 atom stereocenters. The summed E-state index contributed by atoms with van der Waals surface area (Å²) >= 11 is 6.28. The van der Waals surface area contributed by atoms with E-state index < -0.39 is 0 Å². The van der Waals surface area contributed by atoms with Crippen LogP contribution in [0.25, 0.3) is 0 Å². The summed E-state index contributed by atoms with van der Waals surface area (Å²) in [6.07, 6.45) is 2.73. The van der Waals surface area contributed by atoms with Crippen LogP contribution in [0.15, 0.2) is 41.4 Å². The van der Waals surface area contributed by atoms with Gasteiger partial charge in [-0.05, 0) is 67.6 Å². The fraction of sp³-hybridized carbons (Fsp3) is 0.316. The second-order valence-electron chi connectivity index (χ2n) is 5.64. The van der Waals surface area contributed by atoms with E-state index in [4.69, 9.17) is 11.6 Å². The Morgan fingerprint density at radius 1 is 1.14 bits per heavy atom. The van der Waals surface area contributed by atoms with Crippen LogP contribution in [0.1, 0.15) is 29.2 Å². The molecule has 0 fully saturated rings. The molecule has 0 aromatic heterocycles. The second-order valence-corrected chi connectivity index (χ2v) is 6.05. The normalized spacial score (nSPS) is 11.1. The van der Waals surface area contributed by atoms with Crippen LogP contribution >= 0.6 is 11.6 Å². The monoisotopic (exact) mass is 314 g/mol. The Kier molecular flexibility index (Phi) is 5.62. The fourth-order valence-electron chi connectivity index (χ4n) is 2.40. The topological polar surface area (TPSA) is 15.6 Å². The molecule has 0 saturated heterocycles. The molecular formula is C19H23ClN2. The van der Waals surface area contributed by atoms with E-state index in [0.29, 0.717) is 0 Å². The van der Waals surface area contributed by atoms with Gasteiger partial charge in [0.05, 0.1) is 12.0 Å². The number of rotatable bonds is 5. The molecule has 2 rings (SSSR count). The Morgan fingerprint density at radius 3 is 2.36 bits per heavy atom. The molecule has 116 valence electrons. The van der Waals surface area contributed by atoms with Gasteiger partial charge in [0.1, 0.15) is 0 Å². The Labute approximate surface area is 138 Å². The highest BCUT2D eigenvalue weighted by atomic mass is 35.5. The summed E-state index contributed by atoms with van der Waals surface area (Å²) in [6.45, 7) is 7.34. The zero-order chi connectivity index (χ0) is 16.1. The van der Waals surface area contributed by atoms with Crippen molar-refractivity contribution in [2.75, 3.05) is 13.6 Å². The van der Waals surface area contributed by atoms with Crippen molar-refractivity contribution in [3.63, 3.8) is 0 Å². The number of hydrogen-bond acceptors (Lipinski definition) is 1. The van der Waals surface area contributed by atoms with E-state index in [0.717, 1.165) is 29.2 Å². The first kappa shape index (κ1) is 16.6. The third-order valence-electron chi connectivity index (χ3n) is 3.91. The molecule has 0 bridgehead atoms. The second kappa shape index (κ2) is 7.46. The molecule has 0 N–H and O–H groups in total. The highest BCUT2D eigenvalue weighted by Crippen LogP contribution is 2.26. The molecule has 0 heterocycles. The van der Waals surface area contributed by atoms with Crippen LogP contribution in [-0.2, 0) is 6.42 Å². The Balaban J connectivity index is 2.27. The van der Waals surface area contributed by atoms with Gasteiger partial charge < -0.3 is 4.90 Å². The minimum absolute atomic E-state index is 0.827. The predicted octanol–water partition coefficient (Wildman–Crippen LogP) is 5.16. The molecule has 0 saturated carbocycles. The molecule has 0 aliphatic carbocycles. The summed E-state index contributed by atoms with van der Waals surface area (Å²) in [6, 6.07) is 12.3. The highest BCUT2D eigenvalue weighted by Gasteiger charge is 2.08. The minimum atomic E-state index is 0.827. The molecule has 2 aromatic carbocycles. The lowest BCUT2D eigenvalue weighted by Gasteiger charge is -2.13. The SMILES string of the molecule is CCN(C)C=Nc1cc(C)c(Cc2ccccc2Cl)c(C)c1. The molecule has 0 radical (unpaired) electrons. The van der Waals surface area contributed by atoms with Crippen molar-refractivity contribution in [2.24, 2.45) is 4.99 Å². The molecule has 0 spiro atoms. The van der Waals surface area contributed by atoms with Gasteiger partial charge >= 0.3 is 0 Å². The van der Waals surface area contributed by atoms with Crippen LogP contribution in [0, 0.1) is 13.8 Å². The molecular weight excluding hydrogens is 292 g/mol. The summed E-state index contributed by atoms with van der Waals surface area (Å²) in [5, 5.41) is 0.827. The maximum Gasteiger partial charge on any atom is 0.0909 e. The van der Waals surface area contributed by atoms with Gasteiger partial charge in [0.2, 0.25) is 0 Å². The third kappa shape index (κ3) is 4.11. The van der Waals surface area contributed by atoms with Gasteiger partial charge in [0.25, 0.3) is 0 Å². The third-order valence-corrected chi connectivity index (χ3v) is 4.28. The number of aliphatic imine (C=N–C) groups is 1. The number of hydrogen-bond donors (Lipinski definition) is 0. The summed E-state index contributed by atoms with van der Waals surface area (Å²) in [7, 11) is 2.02. The van der Waals surface area contributed by atoms with Crippen molar-refractivity contribution in [1.29, 1.82) is 0 Å². The zero-order valence-corrected chi connectivity index (χ0v) is 14.5. The first-order valence-electron chi connectivity index (χ1n) is 7.59. The van der Waals surface area contributed by atoms with Gasteiger partial charge in [-0.15, -0.1) is 0 Å². The van der Waals surface area contributed by atoms with Crippen LogP contribution < -0.4 is 0 Å². The van der Waals surface area contributed by atoms with E-state index in [9.17, 15) is 0 Å². The number of nitrogens with zero attached hydrogens (tertiary/aromatic N) is 2. The van der Waals surface area contributed by atoms with Crippen molar-refractivity contribution in [1.82, 2.24) is 4.90 Å². The number of benzene rings is 2. The van der Waals surface area contributed by atoms with Crippen molar-refractivity contribution in [2.45, 2.75) is 27.2 Å². The Hall–Kier alpha value is -1.80. The minimum Gasteiger partial charge on any atom is -0.366 e. The first-order valence-corrected chi connectivity index (χ1v) is 7.97. The molecule has 22 heavy (non-hydrogen) atoms. The van der Waals surface area contributed by atoms with Crippen LogP contribution in [0.3, 0.4) is 0 Å². The summed E-state index contributed by atoms with van der Waals surface area (Å²) in [4.78, 5) is 6.60. The number of halogens is 1. The van der Waals surface area contributed by atoms with Crippen molar-refractivity contribution in [3.8, 4) is 0 Å². The van der Waals surface area contributed by atoms with E-state index in [1.54, 1.807) is 0 Å². The molecule has 3 heteroatoms. The summed E-state index contributed by atoms with van der Waals surface area (Å²) in [5.74, 6) is 0. The highest BCUT2D eigenvalue weighted by molar-refractivity contribution is 6.31. The maximum absolute atomic E-state index is 6.28. The summed E-state index contributed by atoms with van der Waals surface area (Å²) < 4.78 is 0. The lowest BCUT2D eigenvalue weighted by Crippen LogP contribution is -2.14.